The molecular weight excluding hydrogens is 308 g/mol. The maximum atomic E-state index is 5.33. The third-order valence-corrected chi connectivity index (χ3v) is 4.03. The molecule has 0 aromatic heterocycles. The van der Waals surface area contributed by atoms with Gasteiger partial charge in [0.15, 0.2) is 5.11 Å². The molecular formula is C17H32N4OS. The Labute approximate surface area is 146 Å². The van der Waals surface area contributed by atoms with Gasteiger partial charge in [-0.2, -0.15) is 5.10 Å². The van der Waals surface area contributed by atoms with Crippen molar-refractivity contribution in [1.29, 1.82) is 0 Å². The molecule has 0 radical (unpaired) electrons. The first-order valence-corrected chi connectivity index (χ1v) is 8.97. The van der Waals surface area contributed by atoms with Crippen molar-refractivity contribution >= 4 is 23.5 Å². The average Bonchev–Trinajstić information content (AvgIpc) is 2.52. The summed E-state index contributed by atoms with van der Waals surface area (Å²) in [5.74, 6) is 0.638. The monoisotopic (exact) mass is 340 g/mol. The minimum Gasteiger partial charge on any atom is -0.379 e. The summed E-state index contributed by atoms with van der Waals surface area (Å²) in [5, 5.41) is 7.96. The summed E-state index contributed by atoms with van der Waals surface area (Å²) in [5.41, 5.74) is 4.27. The van der Waals surface area contributed by atoms with Gasteiger partial charge >= 0.3 is 0 Å². The molecule has 0 unspecified atom stereocenters. The smallest absolute Gasteiger partial charge is 0.186 e. The van der Waals surface area contributed by atoms with Gasteiger partial charge in [0, 0.05) is 32.4 Å². The third-order valence-electron chi connectivity index (χ3n) is 3.79. The van der Waals surface area contributed by atoms with E-state index in [1.54, 1.807) is 0 Å². The Kier molecular flexibility index (Phi) is 10.9. The molecule has 0 saturated carbocycles. The van der Waals surface area contributed by atoms with Crippen LogP contribution < -0.4 is 10.7 Å². The predicted molar refractivity (Wildman–Crippen MR) is 102 cm³/mol. The van der Waals surface area contributed by atoms with Crippen LogP contribution in [0, 0.1) is 5.92 Å². The molecule has 1 aliphatic rings. The highest BCUT2D eigenvalue weighted by atomic mass is 32.1. The van der Waals surface area contributed by atoms with Crippen LogP contribution in [0.1, 0.15) is 40.0 Å². The van der Waals surface area contributed by atoms with Crippen LogP contribution in [0.4, 0.5) is 0 Å². The Morgan fingerprint density at radius 2 is 2.09 bits per heavy atom. The number of nitrogens with zero attached hydrogens (tertiary/aromatic N) is 2. The number of ether oxygens (including phenoxy) is 1. The lowest BCUT2D eigenvalue weighted by Gasteiger charge is -2.26. The summed E-state index contributed by atoms with van der Waals surface area (Å²) in [6.07, 6.45) is 7.52. The fourth-order valence-electron chi connectivity index (χ4n) is 2.30. The molecule has 6 heteroatoms. The highest BCUT2D eigenvalue weighted by Gasteiger charge is 2.09. The molecule has 0 aromatic carbocycles. The van der Waals surface area contributed by atoms with Crippen molar-refractivity contribution in [1.82, 2.24) is 15.6 Å². The van der Waals surface area contributed by atoms with Crippen LogP contribution in [-0.2, 0) is 4.74 Å². The zero-order valence-electron chi connectivity index (χ0n) is 14.8. The maximum Gasteiger partial charge on any atom is 0.186 e. The molecule has 0 aromatic rings. The third kappa shape index (κ3) is 11.2. The standard InChI is InChI=1S/C17H32N4OS/c1-15(2)5-4-6-16(3)7-8-19-20-17(23)18-9-10-21-11-13-22-14-12-21/h5,8,16H,4,6-7,9-14H2,1-3H3,(H2,18,20,23)/b19-8+/t16-/m1/s1. The van der Waals surface area contributed by atoms with E-state index < -0.39 is 0 Å². The summed E-state index contributed by atoms with van der Waals surface area (Å²) >= 11 is 5.21. The van der Waals surface area contributed by atoms with E-state index in [1.807, 2.05) is 6.21 Å². The van der Waals surface area contributed by atoms with E-state index >= 15 is 0 Å². The fourth-order valence-corrected chi connectivity index (χ4v) is 2.46. The van der Waals surface area contributed by atoms with E-state index in [0.29, 0.717) is 11.0 Å². The van der Waals surface area contributed by atoms with Gasteiger partial charge in [-0.1, -0.05) is 18.6 Å². The molecule has 1 rings (SSSR count). The van der Waals surface area contributed by atoms with Crippen LogP contribution in [0.3, 0.4) is 0 Å². The molecule has 0 spiro atoms. The van der Waals surface area contributed by atoms with Crippen molar-refractivity contribution in [2.75, 3.05) is 39.4 Å². The van der Waals surface area contributed by atoms with E-state index in [4.69, 9.17) is 17.0 Å². The highest BCUT2D eigenvalue weighted by Crippen LogP contribution is 2.10. The molecule has 2 N–H and O–H groups in total. The molecule has 1 aliphatic heterocycles. The topological polar surface area (TPSA) is 48.9 Å². The first-order valence-electron chi connectivity index (χ1n) is 8.56. The van der Waals surface area contributed by atoms with Crippen LogP contribution in [0.2, 0.25) is 0 Å². The predicted octanol–water partition coefficient (Wildman–Crippen LogP) is 2.54. The van der Waals surface area contributed by atoms with Crippen molar-refractivity contribution < 1.29 is 4.74 Å². The Bertz CT molecular complexity index is 388. The van der Waals surface area contributed by atoms with Gasteiger partial charge in [0.1, 0.15) is 0 Å². The number of rotatable bonds is 9. The van der Waals surface area contributed by atoms with E-state index in [9.17, 15) is 0 Å². The van der Waals surface area contributed by atoms with Crippen LogP contribution >= 0.6 is 12.2 Å². The van der Waals surface area contributed by atoms with Crippen molar-refractivity contribution in [3.8, 4) is 0 Å². The van der Waals surface area contributed by atoms with Crippen molar-refractivity contribution in [2.24, 2.45) is 11.0 Å². The molecule has 0 bridgehead atoms. The highest BCUT2D eigenvalue weighted by molar-refractivity contribution is 7.80. The molecule has 1 fully saturated rings. The van der Waals surface area contributed by atoms with Gasteiger partial charge in [0.25, 0.3) is 0 Å². The second kappa shape index (κ2) is 12.4. The lowest BCUT2D eigenvalue weighted by Crippen LogP contribution is -2.42. The zero-order chi connectivity index (χ0) is 16.9. The lowest BCUT2D eigenvalue weighted by molar-refractivity contribution is 0.0389. The van der Waals surface area contributed by atoms with Crippen molar-refractivity contribution in [3.05, 3.63) is 11.6 Å². The van der Waals surface area contributed by atoms with Gasteiger partial charge in [0.05, 0.1) is 13.2 Å². The maximum absolute atomic E-state index is 5.33. The Morgan fingerprint density at radius 3 is 2.78 bits per heavy atom. The Morgan fingerprint density at radius 1 is 1.35 bits per heavy atom. The Balaban J connectivity index is 2.02. The zero-order valence-corrected chi connectivity index (χ0v) is 15.6. The van der Waals surface area contributed by atoms with E-state index in [2.05, 4.69) is 47.6 Å². The largest absolute Gasteiger partial charge is 0.379 e. The second-order valence-corrected chi connectivity index (χ2v) is 6.74. The number of hydrazone groups is 1. The van der Waals surface area contributed by atoms with Crippen LogP contribution in [0.15, 0.2) is 16.8 Å². The SMILES string of the molecule is CC(C)=CCC[C@@H](C)C/C=N/NC(=S)NCCN1CCOCC1. The summed E-state index contributed by atoms with van der Waals surface area (Å²) in [6, 6.07) is 0. The van der Waals surface area contributed by atoms with Gasteiger partial charge < -0.3 is 10.1 Å². The van der Waals surface area contributed by atoms with Gasteiger partial charge in [-0.3, -0.25) is 10.3 Å². The number of hydrogen-bond donors (Lipinski definition) is 2. The molecule has 0 aliphatic carbocycles. The number of allylic oxidation sites excluding steroid dienone is 2. The summed E-state index contributed by atoms with van der Waals surface area (Å²) in [4.78, 5) is 2.37. The van der Waals surface area contributed by atoms with Gasteiger partial charge in [0.2, 0.25) is 0 Å². The Hall–Kier alpha value is -0.980. The first-order chi connectivity index (χ1) is 11.1. The minimum absolute atomic E-state index is 0.590. The van der Waals surface area contributed by atoms with Crippen LogP contribution in [-0.4, -0.2) is 55.6 Å². The fraction of sp³-hybridized carbons (Fsp3) is 0.765. The van der Waals surface area contributed by atoms with Gasteiger partial charge in [-0.05, 0) is 51.2 Å². The average molecular weight is 341 g/mol. The number of hydrogen-bond acceptors (Lipinski definition) is 4. The molecule has 0 amide bonds. The van der Waals surface area contributed by atoms with Crippen molar-refractivity contribution in [2.45, 2.75) is 40.0 Å². The molecule has 132 valence electrons. The van der Waals surface area contributed by atoms with E-state index in [0.717, 1.165) is 52.2 Å². The van der Waals surface area contributed by atoms with Crippen LogP contribution in [0.5, 0.6) is 0 Å². The molecule has 1 heterocycles. The van der Waals surface area contributed by atoms with Gasteiger partial charge in [-0.15, -0.1) is 0 Å². The van der Waals surface area contributed by atoms with Crippen LogP contribution in [0.25, 0.3) is 0 Å². The quantitative estimate of drug-likeness (QED) is 0.292. The summed E-state index contributed by atoms with van der Waals surface area (Å²) in [6.45, 7) is 12.0. The van der Waals surface area contributed by atoms with Crippen molar-refractivity contribution in [3.63, 3.8) is 0 Å². The summed E-state index contributed by atoms with van der Waals surface area (Å²) in [7, 11) is 0. The van der Waals surface area contributed by atoms with E-state index in [-0.39, 0.29) is 0 Å². The van der Waals surface area contributed by atoms with Gasteiger partial charge in [-0.25, -0.2) is 0 Å². The first kappa shape index (κ1) is 20.1. The second-order valence-electron chi connectivity index (χ2n) is 6.33. The molecule has 5 nitrogen and oxygen atoms in total. The lowest BCUT2D eigenvalue weighted by atomic mass is 10.0. The van der Waals surface area contributed by atoms with E-state index in [1.165, 1.54) is 12.0 Å². The molecule has 1 atom stereocenters. The number of morpholine rings is 1. The molecule has 23 heavy (non-hydrogen) atoms. The molecule has 1 saturated heterocycles. The number of thiocarbonyl (C=S) groups is 1. The normalized spacial score (nSPS) is 17.0. The number of nitrogens with one attached hydrogen (secondary N) is 2. The minimum atomic E-state index is 0.590. The summed E-state index contributed by atoms with van der Waals surface area (Å²) < 4.78 is 5.33.